The van der Waals surface area contributed by atoms with Gasteiger partial charge in [-0.1, -0.05) is 38.1 Å². The topological polar surface area (TPSA) is 50.2 Å². The fourth-order valence-corrected chi connectivity index (χ4v) is 3.90. The minimum Gasteiger partial charge on any atom is -0.381 e. The zero-order valence-corrected chi connectivity index (χ0v) is 18.6. The first kappa shape index (κ1) is 21.2. The van der Waals surface area contributed by atoms with Gasteiger partial charge in [0.05, 0.1) is 16.6 Å². The lowest BCUT2D eigenvalue weighted by atomic mass is 10.0. The number of halogens is 1. The zero-order chi connectivity index (χ0) is 22.1. The van der Waals surface area contributed by atoms with Crippen molar-refractivity contribution < 1.29 is 4.39 Å². The highest BCUT2D eigenvalue weighted by molar-refractivity contribution is 5.86. The minimum absolute atomic E-state index is 0.183. The summed E-state index contributed by atoms with van der Waals surface area (Å²) < 4.78 is 16.2. The van der Waals surface area contributed by atoms with Gasteiger partial charge in [-0.25, -0.2) is 9.37 Å². The van der Waals surface area contributed by atoms with E-state index in [-0.39, 0.29) is 5.56 Å². The number of hydrogen-bond donors (Lipinski definition) is 1. The molecule has 1 aliphatic heterocycles. The second-order valence-electron chi connectivity index (χ2n) is 8.71. The molecule has 5 nitrogen and oxygen atoms in total. The summed E-state index contributed by atoms with van der Waals surface area (Å²) in [5, 5.41) is 3.43. The normalized spacial score (nSPS) is 14.7. The number of likely N-dealkylation sites (N-methyl/N-ethyl adjacent to an activating group) is 1. The van der Waals surface area contributed by atoms with Crippen molar-refractivity contribution in [1.82, 2.24) is 14.5 Å². The van der Waals surface area contributed by atoms with Gasteiger partial charge in [0.2, 0.25) is 0 Å². The highest BCUT2D eigenvalue weighted by Gasteiger charge is 2.22. The molecule has 0 bridgehead atoms. The van der Waals surface area contributed by atoms with E-state index in [0.29, 0.717) is 41.4 Å². The van der Waals surface area contributed by atoms with Gasteiger partial charge in [0.1, 0.15) is 11.6 Å². The van der Waals surface area contributed by atoms with Crippen molar-refractivity contribution >= 4 is 28.2 Å². The summed E-state index contributed by atoms with van der Waals surface area (Å²) in [6.45, 7) is 6.30. The third-order valence-electron chi connectivity index (χ3n) is 5.75. The first-order valence-electron chi connectivity index (χ1n) is 10.8. The Labute approximate surface area is 182 Å². The van der Waals surface area contributed by atoms with Crippen LogP contribution in [0.25, 0.3) is 22.6 Å². The molecule has 162 valence electrons. The van der Waals surface area contributed by atoms with Crippen LogP contribution in [0.5, 0.6) is 0 Å². The molecule has 31 heavy (non-hydrogen) atoms. The number of nitrogens with one attached hydrogen (secondary N) is 1. The smallest absolute Gasteiger partial charge is 0.261 e. The average Bonchev–Trinajstić information content (AvgIpc) is 3.12. The predicted molar refractivity (Wildman–Crippen MR) is 126 cm³/mol. The number of anilines is 1. The van der Waals surface area contributed by atoms with E-state index in [9.17, 15) is 9.18 Å². The Bertz CT molecular complexity index is 1190. The molecule has 0 fully saturated rings. The van der Waals surface area contributed by atoms with Crippen LogP contribution in [-0.2, 0) is 6.54 Å². The summed E-state index contributed by atoms with van der Waals surface area (Å²) in [6.07, 6.45) is 2.84. The second-order valence-corrected chi connectivity index (χ2v) is 8.71. The summed E-state index contributed by atoms with van der Waals surface area (Å²) in [5.41, 5.74) is 4.13. The van der Waals surface area contributed by atoms with Crippen molar-refractivity contribution in [3.63, 3.8) is 0 Å². The number of nitrogens with zero attached hydrogens (tertiary/aromatic N) is 3. The molecule has 4 rings (SSSR count). The van der Waals surface area contributed by atoms with Gasteiger partial charge in [-0.3, -0.25) is 9.36 Å². The van der Waals surface area contributed by atoms with Gasteiger partial charge < -0.3 is 10.2 Å². The van der Waals surface area contributed by atoms with Gasteiger partial charge in [0.15, 0.2) is 0 Å². The first-order valence-corrected chi connectivity index (χ1v) is 10.8. The molecule has 0 saturated heterocycles. The second kappa shape index (κ2) is 8.63. The Morgan fingerprint density at radius 3 is 2.65 bits per heavy atom. The molecule has 0 saturated carbocycles. The maximum absolute atomic E-state index is 14.6. The van der Waals surface area contributed by atoms with E-state index in [2.05, 4.69) is 49.5 Å². The number of benzene rings is 2. The molecule has 0 spiro atoms. The molecule has 6 heteroatoms. The van der Waals surface area contributed by atoms with E-state index in [1.807, 2.05) is 19.0 Å². The van der Waals surface area contributed by atoms with E-state index >= 15 is 0 Å². The van der Waals surface area contributed by atoms with Crippen LogP contribution in [0.2, 0.25) is 0 Å². The van der Waals surface area contributed by atoms with E-state index in [1.165, 1.54) is 11.6 Å². The van der Waals surface area contributed by atoms with E-state index in [1.54, 1.807) is 10.6 Å². The highest BCUT2D eigenvalue weighted by atomic mass is 19.1. The van der Waals surface area contributed by atoms with Crippen molar-refractivity contribution in [2.45, 2.75) is 32.7 Å². The van der Waals surface area contributed by atoms with E-state index in [0.717, 1.165) is 24.1 Å². The molecular weight excluding hydrogens is 391 g/mol. The van der Waals surface area contributed by atoms with Crippen molar-refractivity contribution in [3.05, 3.63) is 69.5 Å². The van der Waals surface area contributed by atoms with Crippen molar-refractivity contribution in [2.24, 2.45) is 0 Å². The largest absolute Gasteiger partial charge is 0.381 e. The van der Waals surface area contributed by atoms with Crippen LogP contribution >= 0.6 is 0 Å². The number of rotatable bonds is 6. The molecular formula is C25H29FN4O. The van der Waals surface area contributed by atoms with E-state index < -0.39 is 5.82 Å². The lowest BCUT2D eigenvalue weighted by molar-refractivity contribution is 0.425. The van der Waals surface area contributed by atoms with Crippen LogP contribution in [0.15, 0.2) is 41.2 Å². The summed E-state index contributed by atoms with van der Waals surface area (Å²) in [5.74, 6) is 0.738. The molecule has 1 N–H and O–H groups in total. The van der Waals surface area contributed by atoms with Crippen LogP contribution in [0.3, 0.4) is 0 Å². The molecule has 2 heterocycles. The Morgan fingerprint density at radius 1 is 1.23 bits per heavy atom. The van der Waals surface area contributed by atoms with Crippen LogP contribution in [0.4, 0.5) is 10.1 Å². The van der Waals surface area contributed by atoms with Crippen LogP contribution in [0.1, 0.15) is 43.1 Å². The van der Waals surface area contributed by atoms with Crippen LogP contribution in [-0.4, -0.2) is 41.6 Å². The molecule has 2 aromatic carbocycles. The molecule has 0 amide bonds. The molecule has 0 aliphatic carbocycles. The number of hydrogen-bond acceptors (Lipinski definition) is 4. The van der Waals surface area contributed by atoms with Gasteiger partial charge in [0.25, 0.3) is 5.56 Å². The minimum atomic E-state index is -0.426. The first-order chi connectivity index (χ1) is 14.8. The standard InChI is InChI=1S/C25H29FN4O/c1-16(2)18-7-5-17(6-8-18)13-19-9-11-30-24(19)28-22-15-23(27-10-12-29(3)4)21(26)14-20(22)25(30)31/h5-8,13-16,27H,9-12H2,1-4H3/b19-13+. The Balaban J connectivity index is 1.71. The summed E-state index contributed by atoms with van der Waals surface area (Å²) >= 11 is 0. The monoisotopic (exact) mass is 420 g/mol. The van der Waals surface area contributed by atoms with Crippen molar-refractivity contribution in [1.29, 1.82) is 0 Å². The number of aromatic nitrogens is 2. The molecule has 1 aliphatic rings. The average molecular weight is 421 g/mol. The Kier molecular flexibility index (Phi) is 5.92. The van der Waals surface area contributed by atoms with Crippen molar-refractivity contribution in [3.8, 4) is 0 Å². The molecule has 0 atom stereocenters. The number of fused-ring (bicyclic) bond motifs is 2. The van der Waals surface area contributed by atoms with Crippen LogP contribution < -0.4 is 10.9 Å². The van der Waals surface area contributed by atoms with E-state index in [4.69, 9.17) is 4.98 Å². The lowest BCUT2D eigenvalue weighted by Gasteiger charge is -2.13. The van der Waals surface area contributed by atoms with Gasteiger partial charge in [-0.15, -0.1) is 0 Å². The van der Waals surface area contributed by atoms with Gasteiger partial charge in [-0.2, -0.15) is 0 Å². The quantitative estimate of drug-likeness (QED) is 0.634. The Morgan fingerprint density at radius 2 is 1.97 bits per heavy atom. The third-order valence-corrected chi connectivity index (χ3v) is 5.75. The number of allylic oxidation sites excluding steroid dienone is 1. The van der Waals surface area contributed by atoms with Gasteiger partial charge >= 0.3 is 0 Å². The molecule has 1 aromatic heterocycles. The highest BCUT2D eigenvalue weighted by Crippen LogP contribution is 2.29. The maximum atomic E-state index is 14.6. The fraction of sp³-hybridized carbons (Fsp3) is 0.360. The van der Waals surface area contributed by atoms with Crippen LogP contribution in [0, 0.1) is 5.82 Å². The molecule has 3 aromatic rings. The summed E-state index contributed by atoms with van der Waals surface area (Å²) in [7, 11) is 3.93. The zero-order valence-electron chi connectivity index (χ0n) is 18.6. The molecule has 0 radical (unpaired) electrons. The summed E-state index contributed by atoms with van der Waals surface area (Å²) in [4.78, 5) is 19.8. The fourth-order valence-electron chi connectivity index (χ4n) is 3.90. The maximum Gasteiger partial charge on any atom is 0.261 e. The van der Waals surface area contributed by atoms with Gasteiger partial charge in [-0.05, 0) is 61.3 Å². The van der Waals surface area contributed by atoms with Crippen molar-refractivity contribution in [2.75, 3.05) is 32.5 Å². The van der Waals surface area contributed by atoms with Gasteiger partial charge in [0, 0.05) is 19.6 Å². The Hall–Kier alpha value is -2.99. The summed E-state index contributed by atoms with van der Waals surface area (Å²) in [6, 6.07) is 11.4. The third kappa shape index (κ3) is 4.39. The predicted octanol–water partition coefficient (Wildman–Crippen LogP) is 4.58. The molecule has 0 unspecified atom stereocenters. The lowest BCUT2D eigenvalue weighted by Crippen LogP contribution is -2.22. The SMILES string of the molecule is CC(C)c1ccc(/C=C2\CCn3c2nc2cc(NCCN(C)C)c(F)cc2c3=O)cc1.